The van der Waals surface area contributed by atoms with Gasteiger partial charge in [-0.2, -0.15) is 12.6 Å². The molecule has 1 aliphatic rings. The maximum Gasteiger partial charge on any atom is 0.272 e. The van der Waals surface area contributed by atoms with Crippen molar-refractivity contribution < 1.29 is 14.1 Å². The molecule has 0 unspecified atom stereocenters. The summed E-state index contributed by atoms with van der Waals surface area (Å²) >= 11 is 4.40. The highest BCUT2D eigenvalue weighted by Crippen LogP contribution is 2.38. The molecule has 1 aromatic carbocycles. The Kier molecular flexibility index (Phi) is 4.86. The number of hydrogen-bond acceptors (Lipinski definition) is 4. The first-order chi connectivity index (χ1) is 9.56. The van der Waals surface area contributed by atoms with Crippen LogP contribution in [0.5, 0.6) is 5.75 Å². The highest BCUT2D eigenvalue weighted by molar-refractivity contribution is 7.80. The molecule has 0 aromatic heterocycles. The van der Waals surface area contributed by atoms with E-state index >= 15 is 0 Å². The van der Waals surface area contributed by atoms with Crippen molar-refractivity contribution in [3.05, 3.63) is 34.1 Å². The van der Waals surface area contributed by atoms with E-state index in [9.17, 15) is 14.5 Å². The van der Waals surface area contributed by atoms with E-state index in [1.165, 1.54) is 18.6 Å². The maximum absolute atomic E-state index is 13.7. The molecule has 0 heterocycles. The first kappa shape index (κ1) is 15.1. The summed E-state index contributed by atoms with van der Waals surface area (Å²) in [6.07, 6.45) is 5.58. The smallest absolute Gasteiger partial charge is 0.272 e. The molecule has 6 heteroatoms. The van der Waals surface area contributed by atoms with Crippen LogP contribution in [-0.2, 0) is 0 Å². The Morgan fingerprint density at radius 1 is 1.35 bits per heavy atom. The second-order valence-corrected chi connectivity index (χ2v) is 5.70. The van der Waals surface area contributed by atoms with Gasteiger partial charge in [0.1, 0.15) is 0 Å². The number of halogens is 1. The SMILES string of the molecule is O=[N+]([O-])c1ccc(OCC2(CS)CCCCC2)c(F)c1. The number of rotatable bonds is 5. The molecule has 0 bridgehead atoms. The normalized spacial score (nSPS) is 17.7. The topological polar surface area (TPSA) is 52.4 Å². The van der Waals surface area contributed by atoms with Crippen LogP contribution < -0.4 is 4.74 Å². The van der Waals surface area contributed by atoms with Gasteiger partial charge < -0.3 is 4.74 Å². The molecule has 0 atom stereocenters. The predicted molar refractivity (Wildman–Crippen MR) is 77.9 cm³/mol. The second kappa shape index (κ2) is 6.43. The average Bonchev–Trinajstić information content (AvgIpc) is 2.47. The standard InChI is InChI=1S/C14H18FNO3S/c15-12-8-11(16(17)18)4-5-13(12)19-9-14(10-20)6-2-1-3-7-14/h4-5,8,20H,1-3,6-7,9-10H2. The molecular weight excluding hydrogens is 281 g/mol. The summed E-state index contributed by atoms with van der Waals surface area (Å²) in [7, 11) is 0. The lowest BCUT2D eigenvalue weighted by Crippen LogP contribution is -2.33. The minimum atomic E-state index is -0.690. The highest BCUT2D eigenvalue weighted by Gasteiger charge is 2.32. The van der Waals surface area contributed by atoms with Gasteiger partial charge in [-0.1, -0.05) is 19.3 Å². The number of non-ortho nitro benzene ring substituents is 1. The Balaban J connectivity index is 2.04. The average molecular weight is 299 g/mol. The Morgan fingerprint density at radius 3 is 2.60 bits per heavy atom. The quantitative estimate of drug-likeness (QED) is 0.508. The van der Waals surface area contributed by atoms with Crippen molar-refractivity contribution in [2.75, 3.05) is 12.4 Å². The number of nitro benzene ring substituents is 1. The van der Waals surface area contributed by atoms with E-state index in [0.29, 0.717) is 12.4 Å². The van der Waals surface area contributed by atoms with Crippen molar-refractivity contribution in [3.63, 3.8) is 0 Å². The number of benzene rings is 1. The third kappa shape index (κ3) is 3.42. The Labute approximate surface area is 122 Å². The minimum Gasteiger partial charge on any atom is -0.490 e. The first-order valence-corrected chi connectivity index (χ1v) is 7.37. The Morgan fingerprint density at radius 2 is 2.05 bits per heavy atom. The van der Waals surface area contributed by atoms with Crippen LogP contribution in [0.4, 0.5) is 10.1 Å². The monoisotopic (exact) mass is 299 g/mol. The van der Waals surface area contributed by atoms with Gasteiger partial charge in [-0.3, -0.25) is 10.1 Å². The van der Waals surface area contributed by atoms with E-state index in [4.69, 9.17) is 4.74 Å². The van der Waals surface area contributed by atoms with Gasteiger partial charge in [-0.15, -0.1) is 0 Å². The fourth-order valence-electron chi connectivity index (χ4n) is 2.60. The molecule has 4 nitrogen and oxygen atoms in total. The molecule has 0 N–H and O–H groups in total. The van der Waals surface area contributed by atoms with Crippen molar-refractivity contribution in [1.29, 1.82) is 0 Å². The van der Waals surface area contributed by atoms with Crippen molar-refractivity contribution in [3.8, 4) is 5.75 Å². The molecule has 1 aliphatic carbocycles. The van der Waals surface area contributed by atoms with Gasteiger partial charge in [0, 0.05) is 11.5 Å². The molecular formula is C14H18FNO3S. The van der Waals surface area contributed by atoms with Crippen LogP contribution in [-0.4, -0.2) is 17.3 Å². The van der Waals surface area contributed by atoms with Gasteiger partial charge >= 0.3 is 0 Å². The summed E-state index contributed by atoms with van der Waals surface area (Å²) in [5.41, 5.74) is -0.272. The third-order valence-electron chi connectivity index (χ3n) is 3.91. The first-order valence-electron chi connectivity index (χ1n) is 6.74. The predicted octanol–water partition coefficient (Wildman–Crippen LogP) is 3.99. The Hall–Kier alpha value is -1.30. The maximum atomic E-state index is 13.7. The number of nitrogens with zero attached hydrogens (tertiary/aromatic N) is 1. The van der Waals surface area contributed by atoms with Gasteiger partial charge in [0.25, 0.3) is 5.69 Å². The second-order valence-electron chi connectivity index (χ2n) is 5.38. The molecule has 1 aromatic rings. The van der Waals surface area contributed by atoms with Crippen molar-refractivity contribution in [2.24, 2.45) is 5.41 Å². The van der Waals surface area contributed by atoms with Crippen molar-refractivity contribution >= 4 is 18.3 Å². The van der Waals surface area contributed by atoms with Gasteiger partial charge in [-0.25, -0.2) is 4.39 Å². The van der Waals surface area contributed by atoms with Crippen LogP contribution >= 0.6 is 12.6 Å². The van der Waals surface area contributed by atoms with E-state index in [1.54, 1.807) is 0 Å². The Bertz CT molecular complexity index is 489. The molecule has 110 valence electrons. The van der Waals surface area contributed by atoms with Crippen molar-refractivity contribution in [1.82, 2.24) is 0 Å². The summed E-state index contributed by atoms with van der Waals surface area (Å²) in [6.45, 7) is 0.408. The van der Waals surface area contributed by atoms with E-state index in [1.807, 2.05) is 0 Å². The molecule has 1 fully saturated rings. The number of hydrogen-bond donors (Lipinski definition) is 1. The zero-order valence-electron chi connectivity index (χ0n) is 11.2. The molecule has 2 rings (SSSR count). The lowest BCUT2D eigenvalue weighted by atomic mass is 9.76. The number of nitro groups is 1. The van der Waals surface area contributed by atoms with Crippen LogP contribution in [0.1, 0.15) is 32.1 Å². The summed E-state index contributed by atoms with van der Waals surface area (Å²) in [5.74, 6) is 0.0911. The lowest BCUT2D eigenvalue weighted by molar-refractivity contribution is -0.385. The van der Waals surface area contributed by atoms with Crippen LogP contribution in [0.2, 0.25) is 0 Å². The largest absolute Gasteiger partial charge is 0.490 e. The molecule has 20 heavy (non-hydrogen) atoms. The van der Waals surface area contributed by atoms with Crippen LogP contribution in [0.25, 0.3) is 0 Å². The molecule has 0 saturated heterocycles. The summed E-state index contributed by atoms with van der Waals surface area (Å²) < 4.78 is 19.3. The minimum absolute atomic E-state index is 0.00439. The number of thiol groups is 1. The lowest BCUT2D eigenvalue weighted by Gasteiger charge is -2.35. The zero-order valence-corrected chi connectivity index (χ0v) is 12.1. The fourth-order valence-corrected chi connectivity index (χ4v) is 3.01. The van der Waals surface area contributed by atoms with E-state index in [-0.39, 0.29) is 16.9 Å². The number of ether oxygens (including phenoxy) is 1. The van der Waals surface area contributed by atoms with Crippen LogP contribution in [0.15, 0.2) is 18.2 Å². The summed E-state index contributed by atoms with van der Waals surface area (Å²) in [4.78, 5) is 9.93. The van der Waals surface area contributed by atoms with Gasteiger partial charge in [0.05, 0.1) is 17.6 Å². The molecule has 1 saturated carbocycles. The molecule has 0 radical (unpaired) electrons. The highest BCUT2D eigenvalue weighted by atomic mass is 32.1. The third-order valence-corrected chi connectivity index (χ3v) is 4.58. The van der Waals surface area contributed by atoms with Gasteiger partial charge in [0.15, 0.2) is 11.6 Å². The van der Waals surface area contributed by atoms with E-state index in [0.717, 1.165) is 31.7 Å². The van der Waals surface area contributed by atoms with Crippen LogP contribution in [0.3, 0.4) is 0 Å². The van der Waals surface area contributed by atoms with E-state index in [2.05, 4.69) is 12.6 Å². The van der Waals surface area contributed by atoms with Crippen molar-refractivity contribution in [2.45, 2.75) is 32.1 Å². The summed E-state index contributed by atoms with van der Waals surface area (Å²) in [5, 5.41) is 10.6. The molecule has 0 amide bonds. The summed E-state index contributed by atoms with van der Waals surface area (Å²) in [6, 6.07) is 3.47. The zero-order chi connectivity index (χ0) is 14.6. The fraction of sp³-hybridized carbons (Fsp3) is 0.571. The van der Waals surface area contributed by atoms with E-state index < -0.39 is 10.7 Å². The van der Waals surface area contributed by atoms with Gasteiger partial charge in [-0.05, 0) is 24.7 Å². The molecule has 0 spiro atoms. The molecule has 0 aliphatic heterocycles. The van der Waals surface area contributed by atoms with Crippen LogP contribution in [0, 0.1) is 21.3 Å². The van der Waals surface area contributed by atoms with Gasteiger partial charge in [0.2, 0.25) is 0 Å².